The van der Waals surface area contributed by atoms with Crippen LogP contribution in [0.2, 0.25) is 0 Å². The molecule has 1 aromatic rings. The summed E-state index contributed by atoms with van der Waals surface area (Å²) in [6.07, 6.45) is -3.12. The van der Waals surface area contributed by atoms with Gasteiger partial charge in [-0.1, -0.05) is 0 Å². The molecule has 1 aliphatic carbocycles. The van der Waals surface area contributed by atoms with Crippen molar-refractivity contribution in [2.75, 3.05) is 11.4 Å². The van der Waals surface area contributed by atoms with E-state index in [1.807, 2.05) is 0 Å². The average molecular weight is 275 g/mol. The minimum Gasteiger partial charge on any atom is -0.384 e. The van der Waals surface area contributed by atoms with Crippen molar-refractivity contribution in [2.45, 2.75) is 25.1 Å². The number of anilines is 1. The molecule has 0 bridgehead atoms. The van der Waals surface area contributed by atoms with E-state index in [1.165, 1.54) is 12.1 Å². The Labute approximate surface area is 107 Å². The topological polar surface area (TPSA) is 53.1 Å². The molecule has 7 heteroatoms. The Morgan fingerprint density at radius 3 is 2.42 bits per heavy atom. The molecule has 0 aliphatic heterocycles. The van der Waals surface area contributed by atoms with Crippen LogP contribution in [-0.2, 0) is 0 Å². The summed E-state index contributed by atoms with van der Waals surface area (Å²) in [5.74, 6) is -1.11. The number of rotatable bonds is 4. The molecular formula is C12H13F4N3. The Morgan fingerprint density at radius 2 is 2.00 bits per heavy atom. The summed E-state index contributed by atoms with van der Waals surface area (Å²) in [5.41, 5.74) is 5.27. The van der Waals surface area contributed by atoms with Gasteiger partial charge >= 0.3 is 6.18 Å². The maximum atomic E-state index is 13.9. The SMILES string of the molecule is N=C(N)c1ccc(N(CC(F)(F)F)C2CC2)c(F)c1. The van der Waals surface area contributed by atoms with Gasteiger partial charge < -0.3 is 10.6 Å². The van der Waals surface area contributed by atoms with E-state index in [-0.39, 0.29) is 23.1 Å². The summed E-state index contributed by atoms with van der Waals surface area (Å²) in [7, 11) is 0. The van der Waals surface area contributed by atoms with E-state index < -0.39 is 18.5 Å². The Kier molecular flexibility index (Phi) is 3.38. The van der Waals surface area contributed by atoms with Gasteiger partial charge in [0.15, 0.2) is 0 Å². The van der Waals surface area contributed by atoms with Gasteiger partial charge in [-0.15, -0.1) is 0 Å². The highest BCUT2D eigenvalue weighted by atomic mass is 19.4. The first-order valence-corrected chi connectivity index (χ1v) is 5.75. The highest BCUT2D eigenvalue weighted by Crippen LogP contribution is 2.35. The first kappa shape index (κ1) is 13.6. The zero-order valence-electron chi connectivity index (χ0n) is 9.97. The quantitative estimate of drug-likeness (QED) is 0.504. The third-order valence-corrected chi connectivity index (χ3v) is 2.91. The lowest BCUT2D eigenvalue weighted by molar-refractivity contribution is -0.120. The molecule has 0 aromatic heterocycles. The molecule has 104 valence electrons. The third-order valence-electron chi connectivity index (χ3n) is 2.91. The van der Waals surface area contributed by atoms with Crippen LogP contribution in [-0.4, -0.2) is 24.6 Å². The van der Waals surface area contributed by atoms with Crippen molar-refractivity contribution >= 4 is 11.5 Å². The summed E-state index contributed by atoms with van der Waals surface area (Å²) in [4.78, 5) is 1.03. The van der Waals surface area contributed by atoms with Crippen molar-refractivity contribution < 1.29 is 17.6 Å². The molecule has 1 aliphatic rings. The van der Waals surface area contributed by atoms with Gasteiger partial charge in [-0.05, 0) is 31.0 Å². The summed E-state index contributed by atoms with van der Waals surface area (Å²) >= 11 is 0. The predicted molar refractivity (Wildman–Crippen MR) is 63.8 cm³/mol. The molecule has 0 radical (unpaired) electrons. The summed E-state index contributed by atoms with van der Waals surface area (Å²) < 4.78 is 51.4. The zero-order valence-corrected chi connectivity index (χ0v) is 9.97. The first-order valence-electron chi connectivity index (χ1n) is 5.75. The Balaban J connectivity index is 2.29. The lowest BCUT2D eigenvalue weighted by Crippen LogP contribution is -2.36. The van der Waals surface area contributed by atoms with Crippen LogP contribution in [0.5, 0.6) is 0 Å². The monoisotopic (exact) mass is 275 g/mol. The molecular weight excluding hydrogens is 262 g/mol. The third kappa shape index (κ3) is 3.36. The molecule has 0 atom stereocenters. The number of nitrogen functional groups attached to an aromatic ring is 1. The molecule has 2 rings (SSSR count). The minimum atomic E-state index is -4.38. The number of nitrogens with one attached hydrogen (secondary N) is 1. The molecule has 0 spiro atoms. The van der Waals surface area contributed by atoms with Crippen LogP contribution < -0.4 is 10.6 Å². The van der Waals surface area contributed by atoms with Crippen molar-refractivity contribution in [2.24, 2.45) is 5.73 Å². The summed E-state index contributed by atoms with van der Waals surface area (Å²) in [5, 5.41) is 7.17. The lowest BCUT2D eigenvalue weighted by atomic mass is 10.1. The molecule has 0 heterocycles. The van der Waals surface area contributed by atoms with Gasteiger partial charge in [0.2, 0.25) is 0 Å². The van der Waals surface area contributed by atoms with Crippen LogP contribution >= 0.6 is 0 Å². The van der Waals surface area contributed by atoms with Gasteiger partial charge in [-0.3, -0.25) is 5.41 Å². The van der Waals surface area contributed by atoms with E-state index in [2.05, 4.69) is 0 Å². The van der Waals surface area contributed by atoms with Crippen molar-refractivity contribution in [3.05, 3.63) is 29.6 Å². The van der Waals surface area contributed by atoms with Gasteiger partial charge in [-0.2, -0.15) is 13.2 Å². The van der Waals surface area contributed by atoms with E-state index in [0.717, 1.165) is 11.0 Å². The number of hydrogen-bond donors (Lipinski definition) is 2. The summed E-state index contributed by atoms with van der Waals surface area (Å²) in [6, 6.07) is 3.32. The number of alkyl halides is 3. The fraction of sp³-hybridized carbons (Fsp3) is 0.417. The van der Waals surface area contributed by atoms with Crippen molar-refractivity contribution in [3.63, 3.8) is 0 Å². The molecule has 0 saturated heterocycles. The number of halogens is 4. The number of nitrogens with zero attached hydrogens (tertiary/aromatic N) is 1. The van der Waals surface area contributed by atoms with Crippen molar-refractivity contribution in [1.29, 1.82) is 5.41 Å². The normalized spacial score (nSPS) is 15.4. The summed E-state index contributed by atoms with van der Waals surface area (Å²) in [6.45, 7) is -1.17. The highest BCUT2D eigenvalue weighted by Gasteiger charge is 2.39. The molecule has 1 fully saturated rings. The van der Waals surface area contributed by atoms with Gasteiger partial charge in [-0.25, -0.2) is 4.39 Å². The fourth-order valence-corrected chi connectivity index (χ4v) is 1.90. The average Bonchev–Trinajstić information content (AvgIpc) is 3.08. The lowest BCUT2D eigenvalue weighted by Gasteiger charge is -2.26. The van der Waals surface area contributed by atoms with Crippen LogP contribution in [0, 0.1) is 11.2 Å². The van der Waals surface area contributed by atoms with Gasteiger partial charge in [0.05, 0.1) is 5.69 Å². The number of benzene rings is 1. The largest absolute Gasteiger partial charge is 0.405 e. The number of nitrogens with two attached hydrogens (primary N) is 1. The second-order valence-electron chi connectivity index (χ2n) is 4.55. The van der Waals surface area contributed by atoms with E-state index in [9.17, 15) is 17.6 Å². The Hall–Kier alpha value is -1.79. The standard InChI is InChI=1S/C12H13F4N3/c13-9-5-7(11(17)18)1-4-10(9)19(8-2-3-8)6-12(14,15)16/h1,4-5,8H,2-3,6H2,(H3,17,18). The minimum absolute atomic E-state index is 0.0928. The van der Waals surface area contributed by atoms with Gasteiger partial charge in [0.25, 0.3) is 0 Å². The maximum absolute atomic E-state index is 13.9. The fourth-order valence-electron chi connectivity index (χ4n) is 1.90. The number of hydrogen-bond acceptors (Lipinski definition) is 2. The maximum Gasteiger partial charge on any atom is 0.405 e. The highest BCUT2D eigenvalue weighted by molar-refractivity contribution is 5.95. The molecule has 0 amide bonds. The van der Waals surface area contributed by atoms with Crippen LogP contribution in [0.3, 0.4) is 0 Å². The van der Waals surface area contributed by atoms with Gasteiger partial charge in [0, 0.05) is 11.6 Å². The van der Waals surface area contributed by atoms with Crippen molar-refractivity contribution in [3.8, 4) is 0 Å². The Bertz CT molecular complexity index is 494. The van der Waals surface area contributed by atoms with Crippen molar-refractivity contribution in [1.82, 2.24) is 0 Å². The van der Waals surface area contributed by atoms with E-state index >= 15 is 0 Å². The van der Waals surface area contributed by atoms with Crippen LogP contribution in [0.25, 0.3) is 0 Å². The second-order valence-corrected chi connectivity index (χ2v) is 4.55. The predicted octanol–water partition coefficient (Wildman–Crippen LogP) is 2.64. The zero-order chi connectivity index (χ0) is 14.2. The van der Waals surface area contributed by atoms with Crippen LogP contribution in [0.1, 0.15) is 18.4 Å². The molecule has 3 nitrogen and oxygen atoms in total. The first-order chi connectivity index (χ1) is 8.78. The van der Waals surface area contributed by atoms with E-state index in [0.29, 0.717) is 12.8 Å². The smallest absolute Gasteiger partial charge is 0.384 e. The van der Waals surface area contributed by atoms with Crippen LogP contribution in [0.4, 0.5) is 23.2 Å². The molecule has 0 unspecified atom stereocenters. The molecule has 1 saturated carbocycles. The second kappa shape index (κ2) is 4.71. The molecule has 3 N–H and O–H groups in total. The van der Waals surface area contributed by atoms with E-state index in [4.69, 9.17) is 11.1 Å². The van der Waals surface area contributed by atoms with E-state index in [1.54, 1.807) is 0 Å². The molecule has 19 heavy (non-hydrogen) atoms. The van der Waals surface area contributed by atoms with Gasteiger partial charge in [0.1, 0.15) is 18.2 Å². The molecule has 1 aromatic carbocycles. The number of amidine groups is 1. The Morgan fingerprint density at radius 1 is 1.37 bits per heavy atom. The van der Waals surface area contributed by atoms with Crippen LogP contribution in [0.15, 0.2) is 18.2 Å².